The number of carbonyl (C=O) groups is 1. The van der Waals surface area contributed by atoms with E-state index in [2.05, 4.69) is 4.99 Å². The van der Waals surface area contributed by atoms with Crippen LogP contribution in [-0.2, 0) is 11.2 Å². The molecule has 0 aliphatic rings. The summed E-state index contributed by atoms with van der Waals surface area (Å²) in [6.45, 7) is 1.70. The van der Waals surface area contributed by atoms with Crippen molar-refractivity contribution in [3.05, 3.63) is 17.0 Å². The third kappa shape index (κ3) is 3.69. The summed E-state index contributed by atoms with van der Waals surface area (Å²) in [6, 6.07) is 2.75. The molecule has 5 N–H and O–H groups in total. The van der Waals surface area contributed by atoms with E-state index in [-0.39, 0.29) is 0 Å². The van der Waals surface area contributed by atoms with Gasteiger partial charge in [-0.25, -0.2) is 4.99 Å². The van der Waals surface area contributed by atoms with Gasteiger partial charge in [0.15, 0.2) is 0 Å². The van der Waals surface area contributed by atoms with Crippen molar-refractivity contribution < 1.29 is 9.90 Å². The summed E-state index contributed by atoms with van der Waals surface area (Å²) in [5.74, 6) is -0.519. The topological polar surface area (TPSA) is 102 Å². The summed E-state index contributed by atoms with van der Waals surface area (Å²) >= 11 is 1.40. The highest BCUT2D eigenvalue weighted by atomic mass is 32.1. The Balaban J connectivity index is 2.69. The van der Waals surface area contributed by atoms with Crippen LogP contribution in [0.15, 0.2) is 17.1 Å². The van der Waals surface area contributed by atoms with Crippen molar-refractivity contribution in [1.29, 1.82) is 0 Å². The Morgan fingerprint density at radius 1 is 1.67 bits per heavy atom. The van der Waals surface area contributed by atoms with Crippen molar-refractivity contribution in [1.82, 2.24) is 0 Å². The Bertz CT molecular complexity index is 382. The predicted molar refractivity (Wildman–Crippen MR) is 60.6 cm³/mol. The second kappa shape index (κ2) is 4.90. The fraction of sp³-hybridized carbons (Fsp3) is 0.333. The van der Waals surface area contributed by atoms with Gasteiger partial charge in [0.25, 0.3) is 0 Å². The zero-order valence-corrected chi connectivity index (χ0v) is 9.12. The molecule has 0 saturated carbocycles. The molecule has 0 aliphatic heterocycles. The monoisotopic (exact) mass is 227 g/mol. The summed E-state index contributed by atoms with van der Waals surface area (Å²) in [5, 5.41) is 9.39. The summed E-state index contributed by atoms with van der Waals surface area (Å²) in [6.07, 6.45) is 0.319. The van der Waals surface area contributed by atoms with Gasteiger partial charge in [0.1, 0.15) is 11.0 Å². The minimum absolute atomic E-state index is 0.319. The Kier molecular flexibility index (Phi) is 3.81. The number of thiophene rings is 1. The molecule has 1 aromatic heterocycles. The molecule has 0 aromatic carbocycles. The van der Waals surface area contributed by atoms with Crippen LogP contribution in [0.1, 0.15) is 11.8 Å². The number of nitrogens with zero attached hydrogens (tertiary/aromatic N) is 1. The van der Waals surface area contributed by atoms with E-state index in [1.54, 1.807) is 13.0 Å². The van der Waals surface area contributed by atoms with Crippen LogP contribution in [-0.4, -0.2) is 23.0 Å². The van der Waals surface area contributed by atoms with Crippen molar-refractivity contribution in [3.8, 4) is 0 Å². The normalized spacial score (nSPS) is 13.9. The minimum Gasteiger partial charge on any atom is -0.480 e. The van der Waals surface area contributed by atoms with E-state index in [0.29, 0.717) is 12.3 Å². The smallest absolute Gasteiger partial charge is 0.320 e. The summed E-state index contributed by atoms with van der Waals surface area (Å²) < 4.78 is 0. The molecule has 1 aromatic rings. The Hall–Kier alpha value is -1.40. The summed E-state index contributed by atoms with van der Waals surface area (Å²) in [4.78, 5) is 15.5. The standard InChI is InChI=1S/C9H13N3O2S/c1-5(10)12-8-3-2-6(15-8)4-7(11)9(13)14/h2-3,7H,4,11H2,1H3,(H2,10,12)(H,13,14)/t7-/m0/s1. The lowest BCUT2D eigenvalue weighted by molar-refractivity contribution is -0.138. The van der Waals surface area contributed by atoms with Gasteiger partial charge >= 0.3 is 5.97 Å². The Morgan fingerprint density at radius 3 is 2.87 bits per heavy atom. The number of aliphatic imine (C=N–C) groups is 1. The number of carboxylic acid groups (broad SMARTS) is 1. The maximum Gasteiger partial charge on any atom is 0.320 e. The number of hydrogen-bond donors (Lipinski definition) is 3. The van der Waals surface area contributed by atoms with Gasteiger partial charge in [-0.15, -0.1) is 11.3 Å². The molecule has 0 radical (unpaired) electrons. The molecule has 1 rings (SSSR count). The van der Waals surface area contributed by atoms with Crippen molar-refractivity contribution in [3.63, 3.8) is 0 Å². The van der Waals surface area contributed by atoms with E-state index in [0.717, 1.165) is 9.88 Å². The number of nitrogens with two attached hydrogens (primary N) is 2. The van der Waals surface area contributed by atoms with E-state index in [4.69, 9.17) is 16.6 Å². The lowest BCUT2D eigenvalue weighted by Gasteiger charge is -2.02. The molecule has 82 valence electrons. The first-order chi connectivity index (χ1) is 6.99. The van der Waals surface area contributed by atoms with Gasteiger partial charge in [0, 0.05) is 11.3 Å². The van der Waals surface area contributed by atoms with Gasteiger partial charge in [0.05, 0.1) is 5.84 Å². The van der Waals surface area contributed by atoms with E-state index < -0.39 is 12.0 Å². The molecule has 1 heterocycles. The molecule has 6 heteroatoms. The quantitative estimate of drug-likeness (QED) is 0.520. The average molecular weight is 227 g/mol. The second-order valence-electron chi connectivity index (χ2n) is 3.14. The second-order valence-corrected chi connectivity index (χ2v) is 4.29. The van der Waals surface area contributed by atoms with E-state index in [1.807, 2.05) is 6.07 Å². The van der Waals surface area contributed by atoms with Gasteiger partial charge in [-0.05, 0) is 19.1 Å². The predicted octanol–water partition coefficient (Wildman–Crippen LogP) is 0.711. The SMILES string of the molecule is CC(N)=Nc1ccc(C[C@H](N)C(=O)O)s1. The number of carboxylic acids is 1. The molecular weight excluding hydrogens is 214 g/mol. The van der Waals surface area contributed by atoms with E-state index in [9.17, 15) is 4.79 Å². The van der Waals surface area contributed by atoms with Crippen LogP contribution in [0.3, 0.4) is 0 Å². The largest absolute Gasteiger partial charge is 0.480 e. The zero-order chi connectivity index (χ0) is 11.4. The number of amidine groups is 1. The highest BCUT2D eigenvalue weighted by Crippen LogP contribution is 2.25. The maximum absolute atomic E-state index is 10.5. The fourth-order valence-corrected chi connectivity index (χ4v) is 2.01. The average Bonchev–Trinajstić information content (AvgIpc) is 2.51. The van der Waals surface area contributed by atoms with Gasteiger partial charge in [-0.2, -0.15) is 0 Å². The molecule has 1 atom stereocenters. The molecule has 5 nitrogen and oxygen atoms in total. The third-order valence-corrected chi connectivity index (χ3v) is 2.67. The summed E-state index contributed by atoms with van der Waals surface area (Å²) in [5.41, 5.74) is 10.8. The van der Waals surface area contributed by atoms with E-state index >= 15 is 0 Å². The Labute approximate surface area is 91.4 Å². The fourth-order valence-electron chi connectivity index (χ4n) is 1.01. The molecule has 0 bridgehead atoms. The van der Waals surface area contributed by atoms with Crippen LogP contribution >= 0.6 is 11.3 Å². The maximum atomic E-state index is 10.5. The highest BCUT2D eigenvalue weighted by Gasteiger charge is 2.13. The molecule has 15 heavy (non-hydrogen) atoms. The van der Waals surface area contributed by atoms with Crippen LogP contribution in [0.4, 0.5) is 5.00 Å². The van der Waals surface area contributed by atoms with Crippen LogP contribution in [0.5, 0.6) is 0 Å². The molecule has 0 amide bonds. The zero-order valence-electron chi connectivity index (χ0n) is 8.30. The lowest BCUT2D eigenvalue weighted by atomic mass is 10.2. The molecule has 0 unspecified atom stereocenters. The van der Waals surface area contributed by atoms with Crippen LogP contribution in [0.2, 0.25) is 0 Å². The first-order valence-corrected chi connectivity index (χ1v) is 5.18. The van der Waals surface area contributed by atoms with E-state index in [1.165, 1.54) is 11.3 Å². The van der Waals surface area contributed by atoms with Crippen molar-refractivity contribution >= 4 is 28.1 Å². The number of aliphatic carboxylic acids is 1. The number of rotatable bonds is 4. The first-order valence-electron chi connectivity index (χ1n) is 4.37. The molecule has 0 fully saturated rings. The van der Waals surface area contributed by atoms with Crippen LogP contribution < -0.4 is 11.5 Å². The minimum atomic E-state index is -0.997. The molecule has 0 spiro atoms. The van der Waals surface area contributed by atoms with Gasteiger partial charge in [-0.3, -0.25) is 4.79 Å². The molecule has 0 saturated heterocycles. The van der Waals surface area contributed by atoms with Crippen LogP contribution in [0.25, 0.3) is 0 Å². The van der Waals surface area contributed by atoms with Gasteiger partial charge in [0.2, 0.25) is 0 Å². The van der Waals surface area contributed by atoms with Gasteiger partial charge in [-0.1, -0.05) is 0 Å². The molecule has 0 aliphatic carbocycles. The Morgan fingerprint density at radius 2 is 2.33 bits per heavy atom. The highest BCUT2D eigenvalue weighted by molar-refractivity contribution is 7.15. The molecular formula is C9H13N3O2S. The lowest BCUT2D eigenvalue weighted by Crippen LogP contribution is -2.31. The van der Waals surface area contributed by atoms with Crippen molar-refractivity contribution in [2.45, 2.75) is 19.4 Å². The van der Waals surface area contributed by atoms with Crippen molar-refractivity contribution in [2.24, 2.45) is 16.5 Å². The number of hydrogen-bond acceptors (Lipinski definition) is 4. The summed E-state index contributed by atoms with van der Waals surface area (Å²) in [7, 11) is 0. The third-order valence-electron chi connectivity index (χ3n) is 1.67. The first kappa shape index (κ1) is 11.7. The van der Waals surface area contributed by atoms with Crippen LogP contribution in [0, 0.1) is 0 Å². The van der Waals surface area contributed by atoms with Crippen molar-refractivity contribution in [2.75, 3.05) is 0 Å². The van der Waals surface area contributed by atoms with Gasteiger partial charge < -0.3 is 16.6 Å².